The van der Waals surface area contributed by atoms with Gasteiger partial charge in [0.05, 0.1) is 21.8 Å². The van der Waals surface area contributed by atoms with E-state index < -0.39 is 22.8 Å². The molecule has 5 rings (SSSR count). The van der Waals surface area contributed by atoms with E-state index in [1.807, 2.05) is 13.1 Å². The first-order valence-corrected chi connectivity index (χ1v) is 11.5. The van der Waals surface area contributed by atoms with Crippen LogP contribution in [0.2, 0.25) is 5.02 Å². The van der Waals surface area contributed by atoms with Gasteiger partial charge in [0.2, 0.25) is 0 Å². The zero-order valence-electron chi connectivity index (χ0n) is 18.7. The molecule has 0 bridgehead atoms. The maximum atomic E-state index is 13.1. The second-order valence-electron chi connectivity index (χ2n) is 9.16. The summed E-state index contributed by atoms with van der Waals surface area (Å²) in [6, 6.07) is 7.28. The molecule has 11 heteroatoms. The number of nitrogens with zero attached hydrogens (tertiary/aromatic N) is 4. The van der Waals surface area contributed by atoms with Crippen LogP contribution in [-0.2, 0) is 6.18 Å². The summed E-state index contributed by atoms with van der Waals surface area (Å²) in [5.41, 5.74) is 1.16. The molecule has 1 saturated carbocycles. The minimum absolute atomic E-state index is 0.0543. The smallest absolute Gasteiger partial charge is 0.370 e. The van der Waals surface area contributed by atoms with Crippen LogP contribution in [0, 0.1) is 23.2 Å². The maximum Gasteiger partial charge on any atom is 0.417 e. The molecular formula is C24H22ClF3N6O. The van der Waals surface area contributed by atoms with E-state index >= 15 is 0 Å². The third-order valence-electron chi connectivity index (χ3n) is 7.12. The van der Waals surface area contributed by atoms with E-state index in [0.29, 0.717) is 18.7 Å². The van der Waals surface area contributed by atoms with Crippen LogP contribution in [0.3, 0.4) is 0 Å². The number of benzene rings is 1. The Bertz CT molecular complexity index is 1320. The first-order chi connectivity index (χ1) is 16.7. The van der Waals surface area contributed by atoms with Crippen molar-refractivity contribution in [2.24, 2.45) is 11.8 Å². The third-order valence-corrected chi connectivity index (χ3v) is 7.44. The van der Waals surface area contributed by atoms with Gasteiger partial charge >= 0.3 is 12.2 Å². The number of nitrogens with one attached hydrogen (secondary N) is 2. The van der Waals surface area contributed by atoms with E-state index in [0.717, 1.165) is 41.7 Å². The Hall–Kier alpha value is -3.45. The molecular weight excluding hydrogens is 481 g/mol. The lowest BCUT2D eigenvalue weighted by atomic mass is 10.0. The average molecular weight is 503 g/mol. The monoisotopic (exact) mass is 502 g/mol. The number of hydrogen-bond donors (Lipinski definition) is 2. The number of likely N-dealkylation sites (tertiary alicyclic amines) is 1. The number of fused-ring (bicyclic) bond motifs is 2. The number of rotatable bonds is 3. The van der Waals surface area contributed by atoms with Crippen molar-refractivity contribution >= 4 is 40.0 Å². The number of hydrogen-bond acceptors (Lipinski definition) is 4. The number of amides is 2. The fourth-order valence-corrected chi connectivity index (χ4v) is 5.64. The van der Waals surface area contributed by atoms with Crippen molar-refractivity contribution in [3.05, 3.63) is 52.8 Å². The standard InChI is InChI=1S/C24H22ClF3N6O/c1-33(21-15(9-29)10-31-22-18(21)4-5-30-22)17-6-13-11-34(12-14(13)7-17)23(35)32-16-2-3-20(25)19(8-16)24(26,27)28/h2-5,8,10,13-14,17H,6-7,11-12H2,1H3,(H,30,31)(H,32,35)/t13-,14?,17+/m1/s1. The molecule has 2 fully saturated rings. The minimum Gasteiger partial charge on any atom is -0.370 e. The van der Waals surface area contributed by atoms with E-state index in [-0.39, 0.29) is 23.6 Å². The van der Waals surface area contributed by atoms with Crippen LogP contribution in [0.4, 0.5) is 29.3 Å². The van der Waals surface area contributed by atoms with Gasteiger partial charge in [0, 0.05) is 49.6 Å². The number of aromatic nitrogens is 2. The third kappa shape index (κ3) is 4.25. The van der Waals surface area contributed by atoms with E-state index in [4.69, 9.17) is 11.6 Å². The number of carbonyl (C=O) groups excluding carboxylic acids is 1. The number of halogens is 4. The highest BCUT2D eigenvalue weighted by molar-refractivity contribution is 6.31. The van der Waals surface area contributed by atoms with Crippen LogP contribution in [0.25, 0.3) is 11.0 Å². The molecule has 2 N–H and O–H groups in total. The van der Waals surface area contributed by atoms with Gasteiger partial charge in [0.15, 0.2) is 0 Å². The van der Waals surface area contributed by atoms with E-state index in [2.05, 4.69) is 26.3 Å². The molecule has 7 nitrogen and oxygen atoms in total. The Morgan fingerprint density at radius 1 is 1.29 bits per heavy atom. The summed E-state index contributed by atoms with van der Waals surface area (Å²) in [6.45, 7) is 1.06. The maximum absolute atomic E-state index is 13.1. The van der Waals surface area contributed by atoms with Crippen molar-refractivity contribution in [2.45, 2.75) is 25.1 Å². The second-order valence-corrected chi connectivity index (χ2v) is 9.56. The number of aromatic amines is 1. The number of nitriles is 1. The number of anilines is 2. The van der Waals surface area contributed by atoms with Crippen molar-refractivity contribution in [3.8, 4) is 6.07 Å². The molecule has 0 spiro atoms. The van der Waals surface area contributed by atoms with Gasteiger partial charge in [-0.05, 0) is 48.9 Å². The number of pyridine rings is 1. The highest BCUT2D eigenvalue weighted by Gasteiger charge is 2.44. The van der Waals surface area contributed by atoms with Crippen molar-refractivity contribution < 1.29 is 18.0 Å². The summed E-state index contributed by atoms with van der Waals surface area (Å²) in [4.78, 5) is 24.0. The van der Waals surface area contributed by atoms with Crippen molar-refractivity contribution in [1.29, 1.82) is 5.26 Å². The molecule has 3 aromatic rings. The fourth-order valence-electron chi connectivity index (χ4n) is 5.41. The van der Waals surface area contributed by atoms with E-state index in [1.165, 1.54) is 6.07 Å². The van der Waals surface area contributed by atoms with Gasteiger partial charge in [0.1, 0.15) is 11.7 Å². The van der Waals surface area contributed by atoms with Crippen LogP contribution < -0.4 is 10.2 Å². The molecule has 1 saturated heterocycles. The van der Waals surface area contributed by atoms with Gasteiger partial charge in [-0.25, -0.2) is 9.78 Å². The first-order valence-electron chi connectivity index (χ1n) is 11.2. The van der Waals surface area contributed by atoms with Gasteiger partial charge in [-0.3, -0.25) is 0 Å². The predicted octanol–water partition coefficient (Wildman–Crippen LogP) is 5.49. The van der Waals surface area contributed by atoms with Gasteiger partial charge in [-0.1, -0.05) is 11.6 Å². The Balaban J connectivity index is 1.25. The van der Waals surface area contributed by atoms with Gasteiger partial charge in [-0.15, -0.1) is 0 Å². The quantitative estimate of drug-likeness (QED) is 0.496. The number of alkyl halides is 3. The Morgan fingerprint density at radius 2 is 2.00 bits per heavy atom. The molecule has 1 aliphatic carbocycles. The largest absolute Gasteiger partial charge is 0.417 e. The summed E-state index contributed by atoms with van der Waals surface area (Å²) in [5.74, 6) is 0.552. The van der Waals surface area contributed by atoms with Gasteiger partial charge < -0.3 is 20.1 Å². The van der Waals surface area contributed by atoms with Gasteiger partial charge in [0.25, 0.3) is 0 Å². The molecule has 3 atom stereocenters. The normalized spacial score (nSPS) is 21.7. The summed E-state index contributed by atoms with van der Waals surface area (Å²) >= 11 is 5.67. The summed E-state index contributed by atoms with van der Waals surface area (Å²) in [5, 5.41) is 12.7. The zero-order chi connectivity index (χ0) is 24.9. The first kappa shape index (κ1) is 23.3. The molecule has 35 heavy (non-hydrogen) atoms. The summed E-state index contributed by atoms with van der Waals surface area (Å²) in [7, 11) is 1.98. The van der Waals surface area contributed by atoms with Gasteiger partial charge in [-0.2, -0.15) is 18.4 Å². The highest BCUT2D eigenvalue weighted by atomic mass is 35.5. The summed E-state index contributed by atoms with van der Waals surface area (Å²) in [6.07, 6.45) is 0.476. The Morgan fingerprint density at radius 3 is 2.66 bits per heavy atom. The van der Waals surface area contributed by atoms with Crippen molar-refractivity contribution in [1.82, 2.24) is 14.9 Å². The van der Waals surface area contributed by atoms with E-state index in [9.17, 15) is 23.2 Å². The minimum atomic E-state index is -4.60. The lowest BCUT2D eigenvalue weighted by molar-refractivity contribution is -0.137. The van der Waals surface area contributed by atoms with E-state index in [1.54, 1.807) is 17.3 Å². The molecule has 2 aliphatic rings. The molecule has 0 radical (unpaired) electrons. The van der Waals surface area contributed by atoms with Crippen LogP contribution in [0.1, 0.15) is 24.0 Å². The second kappa shape index (κ2) is 8.64. The Labute approximate surface area is 204 Å². The van der Waals surface area contributed by atoms with Crippen molar-refractivity contribution in [3.63, 3.8) is 0 Å². The molecule has 2 amide bonds. The van der Waals surface area contributed by atoms with Crippen molar-refractivity contribution in [2.75, 3.05) is 30.4 Å². The molecule has 182 valence electrons. The highest BCUT2D eigenvalue weighted by Crippen LogP contribution is 2.43. The SMILES string of the molecule is CN(c1c(C#N)cnc2[nH]ccc12)[C@@H]1CC2CN(C(=O)Nc3ccc(Cl)c(C(F)(F)F)c3)C[C@H]2C1. The number of H-pyrrole nitrogens is 1. The average Bonchev–Trinajstić information content (AvgIpc) is 3.53. The molecule has 3 heterocycles. The predicted molar refractivity (Wildman–Crippen MR) is 126 cm³/mol. The number of urea groups is 1. The topological polar surface area (TPSA) is 88.1 Å². The molecule has 1 aromatic carbocycles. The fraction of sp³-hybridized carbons (Fsp3) is 0.375. The molecule has 1 aliphatic heterocycles. The number of carbonyl (C=O) groups is 1. The van der Waals surface area contributed by atoms with Crippen LogP contribution in [-0.4, -0.2) is 47.1 Å². The Kier molecular flexibility index (Phi) is 5.75. The van der Waals surface area contributed by atoms with Crippen LogP contribution in [0.5, 0.6) is 0 Å². The molecule has 2 aromatic heterocycles. The summed E-state index contributed by atoms with van der Waals surface area (Å²) < 4.78 is 39.4. The lowest BCUT2D eigenvalue weighted by Gasteiger charge is -2.29. The van der Waals surface area contributed by atoms with Crippen LogP contribution in [0.15, 0.2) is 36.7 Å². The van der Waals surface area contributed by atoms with Crippen LogP contribution >= 0.6 is 11.6 Å². The zero-order valence-corrected chi connectivity index (χ0v) is 19.5. The lowest BCUT2D eigenvalue weighted by Crippen LogP contribution is -2.36. The molecule has 1 unspecified atom stereocenters.